The second kappa shape index (κ2) is 6.55. The van der Waals surface area contributed by atoms with Crippen LogP contribution in [-0.4, -0.2) is 32.5 Å². The fraction of sp³-hybridized carbons (Fsp3) is 0.278. The molecule has 0 N–H and O–H groups in total. The molecule has 0 unspecified atom stereocenters. The number of benzene rings is 2. The van der Waals surface area contributed by atoms with Gasteiger partial charge < -0.3 is 9.64 Å². The van der Waals surface area contributed by atoms with Gasteiger partial charge in [-0.05, 0) is 36.2 Å². The van der Waals surface area contributed by atoms with E-state index in [4.69, 9.17) is 4.74 Å². The molecule has 2 aromatic carbocycles. The van der Waals surface area contributed by atoms with E-state index in [1.165, 1.54) is 11.3 Å². The van der Waals surface area contributed by atoms with Crippen molar-refractivity contribution >= 4 is 17.6 Å². The van der Waals surface area contributed by atoms with Gasteiger partial charge >= 0.3 is 0 Å². The van der Waals surface area contributed by atoms with Crippen molar-refractivity contribution in [3.05, 3.63) is 59.7 Å². The number of hydrogen-bond acceptors (Lipinski definition) is 3. The van der Waals surface area contributed by atoms with Crippen LogP contribution in [0.5, 0.6) is 0 Å². The molecule has 1 heterocycles. The number of rotatable bonds is 3. The van der Waals surface area contributed by atoms with E-state index in [9.17, 15) is 0 Å². The lowest BCUT2D eigenvalue weighted by Crippen LogP contribution is -2.36. The second-order valence-corrected chi connectivity index (χ2v) is 5.24. The molecule has 21 heavy (non-hydrogen) atoms. The Morgan fingerprint density at radius 2 is 1.71 bits per heavy atom. The van der Waals surface area contributed by atoms with Crippen molar-refractivity contribution in [3.63, 3.8) is 0 Å². The lowest BCUT2D eigenvalue weighted by molar-refractivity contribution is 0.122. The lowest BCUT2D eigenvalue weighted by atomic mass is 10.2. The molecule has 0 radical (unpaired) electrons. The van der Waals surface area contributed by atoms with Crippen LogP contribution in [0.1, 0.15) is 11.1 Å². The summed E-state index contributed by atoms with van der Waals surface area (Å²) in [5.74, 6) is 0. The van der Waals surface area contributed by atoms with Crippen LogP contribution >= 0.6 is 0 Å². The third-order valence-corrected chi connectivity index (χ3v) is 3.74. The number of anilines is 1. The molecule has 1 saturated heterocycles. The number of morpholine rings is 1. The van der Waals surface area contributed by atoms with Crippen molar-refractivity contribution in [1.82, 2.24) is 0 Å². The Morgan fingerprint density at radius 1 is 1.00 bits per heavy atom. The lowest BCUT2D eigenvalue weighted by Gasteiger charge is -2.28. The van der Waals surface area contributed by atoms with Gasteiger partial charge in [0.2, 0.25) is 0 Å². The van der Waals surface area contributed by atoms with Gasteiger partial charge in [-0.15, -0.1) is 0 Å². The highest BCUT2D eigenvalue weighted by Crippen LogP contribution is 2.18. The average molecular weight is 280 g/mol. The largest absolute Gasteiger partial charge is 0.378 e. The standard InChI is InChI=1S/C18H20N2O/c1-15-4-2-3-5-18(15)19-14-16-6-8-17(9-7-16)20-10-12-21-13-11-20/h2-9,14H,10-13H2,1H3. The highest BCUT2D eigenvalue weighted by molar-refractivity contribution is 5.82. The van der Waals surface area contributed by atoms with E-state index in [0.29, 0.717) is 0 Å². The second-order valence-electron chi connectivity index (χ2n) is 5.24. The van der Waals surface area contributed by atoms with Gasteiger partial charge in [-0.1, -0.05) is 30.3 Å². The molecule has 0 bridgehead atoms. The van der Waals surface area contributed by atoms with Gasteiger partial charge in [-0.25, -0.2) is 0 Å². The molecule has 3 heteroatoms. The molecule has 3 rings (SSSR count). The van der Waals surface area contributed by atoms with Crippen LogP contribution in [0, 0.1) is 6.92 Å². The molecular weight excluding hydrogens is 260 g/mol. The van der Waals surface area contributed by atoms with Crippen molar-refractivity contribution in [1.29, 1.82) is 0 Å². The minimum absolute atomic E-state index is 0.816. The van der Waals surface area contributed by atoms with E-state index in [2.05, 4.69) is 47.1 Å². The van der Waals surface area contributed by atoms with Gasteiger partial charge in [0.25, 0.3) is 0 Å². The normalized spacial score (nSPS) is 15.6. The van der Waals surface area contributed by atoms with E-state index in [1.54, 1.807) is 0 Å². The monoisotopic (exact) mass is 280 g/mol. The summed E-state index contributed by atoms with van der Waals surface area (Å²) in [5.41, 5.74) is 4.59. The molecule has 108 valence electrons. The van der Waals surface area contributed by atoms with Crippen LogP contribution in [-0.2, 0) is 4.74 Å². The SMILES string of the molecule is Cc1ccccc1N=Cc1ccc(N2CCOCC2)cc1. The van der Waals surface area contributed by atoms with Crippen molar-refractivity contribution in [2.45, 2.75) is 6.92 Å². The van der Waals surface area contributed by atoms with E-state index in [1.807, 2.05) is 24.4 Å². The molecule has 0 amide bonds. The molecule has 0 atom stereocenters. The van der Waals surface area contributed by atoms with Gasteiger partial charge in [0.1, 0.15) is 0 Å². The quantitative estimate of drug-likeness (QED) is 0.803. The van der Waals surface area contributed by atoms with E-state index < -0.39 is 0 Å². The highest BCUT2D eigenvalue weighted by Gasteiger charge is 2.10. The number of aliphatic imine (C=N–C) groups is 1. The number of para-hydroxylation sites is 1. The van der Waals surface area contributed by atoms with Gasteiger partial charge in [0.15, 0.2) is 0 Å². The molecule has 0 aliphatic carbocycles. The van der Waals surface area contributed by atoms with Crippen molar-refractivity contribution in [2.24, 2.45) is 4.99 Å². The Balaban J connectivity index is 1.71. The zero-order chi connectivity index (χ0) is 14.5. The van der Waals surface area contributed by atoms with Crippen molar-refractivity contribution in [3.8, 4) is 0 Å². The summed E-state index contributed by atoms with van der Waals surface area (Å²) in [4.78, 5) is 6.91. The number of nitrogens with zero attached hydrogens (tertiary/aromatic N) is 2. The minimum Gasteiger partial charge on any atom is -0.378 e. The summed E-state index contributed by atoms with van der Waals surface area (Å²) in [5, 5.41) is 0. The van der Waals surface area contributed by atoms with Gasteiger partial charge in [0.05, 0.1) is 18.9 Å². The average Bonchev–Trinajstić information content (AvgIpc) is 2.55. The molecular formula is C18H20N2O. The fourth-order valence-electron chi connectivity index (χ4n) is 2.45. The summed E-state index contributed by atoms with van der Waals surface area (Å²) in [7, 11) is 0. The smallest absolute Gasteiger partial charge is 0.0659 e. The first-order valence-corrected chi connectivity index (χ1v) is 7.35. The Kier molecular flexibility index (Phi) is 4.31. The van der Waals surface area contributed by atoms with Crippen LogP contribution in [0.25, 0.3) is 0 Å². The Hall–Kier alpha value is -2.13. The first-order chi connectivity index (χ1) is 10.3. The molecule has 1 aliphatic heterocycles. The molecule has 1 fully saturated rings. The van der Waals surface area contributed by atoms with Crippen LogP contribution in [0.2, 0.25) is 0 Å². The topological polar surface area (TPSA) is 24.8 Å². The third kappa shape index (κ3) is 3.50. The molecule has 0 aromatic heterocycles. The van der Waals surface area contributed by atoms with E-state index in [-0.39, 0.29) is 0 Å². The van der Waals surface area contributed by atoms with Crippen LogP contribution in [0.3, 0.4) is 0 Å². The Labute approximate surface area is 125 Å². The maximum absolute atomic E-state index is 5.38. The van der Waals surface area contributed by atoms with Crippen molar-refractivity contribution in [2.75, 3.05) is 31.2 Å². The number of aryl methyl sites for hydroxylation is 1. The van der Waals surface area contributed by atoms with Crippen LogP contribution in [0.4, 0.5) is 11.4 Å². The molecule has 1 aliphatic rings. The predicted molar refractivity (Wildman–Crippen MR) is 87.9 cm³/mol. The summed E-state index contributed by atoms with van der Waals surface area (Å²) in [6, 6.07) is 16.7. The minimum atomic E-state index is 0.816. The van der Waals surface area contributed by atoms with E-state index >= 15 is 0 Å². The van der Waals surface area contributed by atoms with Gasteiger partial charge in [-0.2, -0.15) is 0 Å². The third-order valence-electron chi connectivity index (χ3n) is 3.74. The highest BCUT2D eigenvalue weighted by atomic mass is 16.5. The van der Waals surface area contributed by atoms with E-state index in [0.717, 1.165) is 37.6 Å². The predicted octanol–water partition coefficient (Wildman–Crippen LogP) is 3.58. The molecule has 3 nitrogen and oxygen atoms in total. The fourth-order valence-corrected chi connectivity index (χ4v) is 2.45. The van der Waals surface area contributed by atoms with Gasteiger partial charge in [0, 0.05) is 25.0 Å². The number of ether oxygens (including phenoxy) is 1. The van der Waals surface area contributed by atoms with Crippen LogP contribution < -0.4 is 4.90 Å². The molecule has 0 spiro atoms. The van der Waals surface area contributed by atoms with Crippen molar-refractivity contribution < 1.29 is 4.74 Å². The van der Waals surface area contributed by atoms with Gasteiger partial charge in [-0.3, -0.25) is 4.99 Å². The van der Waals surface area contributed by atoms with Crippen LogP contribution in [0.15, 0.2) is 53.5 Å². The maximum atomic E-state index is 5.38. The first kappa shape index (κ1) is 13.8. The zero-order valence-electron chi connectivity index (χ0n) is 12.3. The Bertz CT molecular complexity index is 613. The Morgan fingerprint density at radius 3 is 2.43 bits per heavy atom. The zero-order valence-corrected chi connectivity index (χ0v) is 12.3. The number of hydrogen-bond donors (Lipinski definition) is 0. The summed E-state index contributed by atoms with van der Waals surface area (Å²) >= 11 is 0. The maximum Gasteiger partial charge on any atom is 0.0659 e. The molecule has 2 aromatic rings. The molecule has 0 saturated carbocycles. The summed E-state index contributed by atoms with van der Waals surface area (Å²) in [6.07, 6.45) is 1.92. The summed E-state index contributed by atoms with van der Waals surface area (Å²) in [6.45, 7) is 5.65. The first-order valence-electron chi connectivity index (χ1n) is 7.35. The summed E-state index contributed by atoms with van der Waals surface area (Å²) < 4.78 is 5.38.